The van der Waals surface area contributed by atoms with E-state index >= 15 is 0 Å². The Morgan fingerprint density at radius 2 is 1.20 bits per heavy atom. The molecule has 2 rings (SSSR count). The van der Waals surface area contributed by atoms with Gasteiger partial charge in [0.05, 0.1) is 5.41 Å². The van der Waals surface area contributed by atoms with E-state index in [-0.39, 0.29) is 30.1 Å². The van der Waals surface area contributed by atoms with Gasteiger partial charge in [0, 0.05) is 18.4 Å². The molecule has 0 fully saturated rings. The normalized spacial score (nSPS) is 11.8. The second-order valence-corrected chi connectivity index (χ2v) is 7.58. The van der Waals surface area contributed by atoms with Crippen LogP contribution in [0.5, 0.6) is 0 Å². The molecule has 0 aliphatic rings. The lowest BCUT2D eigenvalue weighted by molar-refractivity contribution is -0.128. The summed E-state index contributed by atoms with van der Waals surface area (Å²) in [7, 11) is 0. The summed E-state index contributed by atoms with van der Waals surface area (Å²) in [6.45, 7) is 7.75. The van der Waals surface area contributed by atoms with Crippen molar-refractivity contribution in [1.82, 2.24) is 5.32 Å². The minimum absolute atomic E-state index is 0.0500. The quantitative estimate of drug-likeness (QED) is 0.856. The molecule has 2 aromatic rings. The molecule has 0 aliphatic carbocycles. The molecule has 132 valence electrons. The molecule has 25 heavy (non-hydrogen) atoms. The van der Waals surface area contributed by atoms with Crippen molar-refractivity contribution in [3.8, 4) is 0 Å². The largest absolute Gasteiger partial charge is 0.351 e. The fraction of sp³-hybridized carbons (Fsp3) is 0.364. The number of carbonyl (C=O) groups is 2. The molecule has 0 atom stereocenters. The van der Waals surface area contributed by atoms with Crippen LogP contribution in [0.25, 0.3) is 0 Å². The van der Waals surface area contributed by atoms with E-state index in [1.54, 1.807) is 0 Å². The van der Waals surface area contributed by atoms with Gasteiger partial charge in [-0.15, -0.1) is 0 Å². The SMILES string of the molecule is CC(C)(C)NC(=O)CCC(=O)C(C)(c1ccccc1)c1ccccc1. The van der Waals surface area contributed by atoms with Gasteiger partial charge in [-0.1, -0.05) is 60.7 Å². The third kappa shape index (κ3) is 4.79. The van der Waals surface area contributed by atoms with E-state index in [0.29, 0.717) is 0 Å². The third-order valence-corrected chi connectivity index (χ3v) is 4.35. The molecule has 1 amide bonds. The lowest BCUT2D eigenvalue weighted by Gasteiger charge is -2.30. The smallest absolute Gasteiger partial charge is 0.220 e. The fourth-order valence-electron chi connectivity index (χ4n) is 2.99. The molecule has 0 radical (unpaired) electrons. The van der Waals surface area contributed by atoms with Gasteiger partial charge in [-0.25, -0.2) is 0 Å². The van der Waals surface area contributed by atoms with E-state index in [4.69, 9.17) is 0 Å². The summed E-state index contributed by atoms with van der Waals surface area (Å²) in [5.41, 5.74) is 0.845. The minimum Gasteiger partial charge on any atom is -0.351 e. The predicted octanol–water partition coefficient (Wildman–Crippen LogP) is 4.26. The summed E-state index contributed by atoms with van der Waals surface area (Å²) >= 11 is 0. The first-order valence-electron chi connectivity index (χ1n) is 8.69. The number of benzene rings is 2. The zero-order valence-electron chi connectivity index (χ0n) is 15.5. The Kier molecular flexibility index (Phi) is 5.78. The maximum absolute atomic E-state index is 13.2. The second-order valence-electron chi connectivity index (χ2n) is 7.58. The highest BCUT2D eigenvalue weighted by Gasteiger charge is 2.36. The minimum atomic E-state index is -0.759. The van der Waals surface area contributed by atoms with Crippen molar-refractivity contribution in [2.75, 3.05) is 0 Å². The summed E-state index contributed by atoms with van der Waals surface area (Å²) in [5.74, 6) is -0.0433. The Hall–Kier alpha value is -2.42. The molecule has 0 aromatic heterocycles. The molecule has 0 saturated heterocycles. The number of ketones is 1. The topological polar surface area (TPSA) is 46.2 Å². The first-order valence-corrected chi connectivity index (χ1v) is 8.69. The average Bonchev–Trinajstić information content (AvgIpc) is 2.59. The lowest BCUT2D eigenvalue weighted by Crippen LogP contribution is -2.41. The Balaban J connectivity index is 2.25. The molecule has 1 N–H and O–H groups in total. The monoisotopic (exact) mass is 337 g/mol. The lowest BCUT2D eigenvalue weighted by atomic mass is 9.72. The summed E-state index contributed by atoms with van der Waals surface area (Å²) in [6.07, 6.45) is 0.410. The Morgan fingerprint density at radius 1 is 0.760 bits per heavy atom. The molecule has 3 heteroatoms. The fourth-order valence-corrected chi connectivity index (χ4v) is 2.99. The highest BCUT2D eigenvalue weighted by molar-refractivity contribution is 5.95. The number of rotatable bonds is 6. The summed E-state index contributed by atoms with van der Waals surface area (Å²) in [5, 5.41) is 2.91. The van der Waals surface area contributed by atoms with Crippen LogP contribution in [0.2, 0.25) is 0 Å². The average molecular weight is 337 g/mol. The van der Waals surface area contributed by atoms with Gasteiger partial charge >= 0.3 is 0 Å². The van der Waals surface area contributed by atoms with Gasteiger partial charge in [-0.05, 0) is 38.8 Å². The van der Waals surface area contributed by atoms with Crippen molar-refractivity contribution in [3.05, 3.63) is 71.8 Å². The van der Waals surface area contributed by atoms with Crippen LogP contribution < -0.4 is 5.32 Å². The molecular weight excluding hydrogens is 310 g/mol. The van der Waals surface area contributed by atoms with Crippen LogP contribution in [0, 0.1) is 0 Å². The van der Waals surface area contributed by atoms with E-state index in [0.717, 1.165) is 11.1 Å². The molecule has 0 bridgehead atoms. The van der Waals surface area contributed by atoms with E-state index in [1.807, 2.05) is 88.4 Å². The Morgan fingerprint density at radius 3 is 1.60 bits per heavy atom. The number of amides is 1. The second kappa shape index (κ2) is 7.64. The van der Waals surface area contributed by atoms with Crippen LogP contribution >= 0.6 is 0 Å². The molecule has 3 nitrogen and oxygen atoms in total. The van der Waals surface area contributed by atoms with Gasteiger partial charge in [0.25, 0.3) is 0 Å². The molecular formula is C22H27NO2. The van der Waals surface area contributed by atoms with Gasteiger partial charge in [-0.3, -0.25) is 9.59 Å². The molecule has 0 heterocycles. The van der Waals surface area contributed by atoms with Gasteiger partial charge in [0.15, 0.2) is 0 Å². The first-order chi connectivity index (χ1) is 11.7. The number of hydrogen-bond donors (Lipinski definition) is 1. The van der Waals surface area contributed by atoms with Crippen LogP contribution in [0.3, 0.4) is 0 Å². The van der Waals surface area contributed by atoms with Crippen molar-refractivity contribution in [3.63, 3.8) is 0 Å². The maximum atomic E-state index is 13.2. The molecule has 0 unspecified atom stereocenters. The number of hydrogen-bond acceptors (Lipinski definition) is 2. The molecule has 2 aromatic carbocycles. The van der Waals surface area contributed by atoms with Crippen molar-refractivity contribution >= 4 is 11.7 Å². The molecule has 0 saturated carbocycles. The van der Waals surface area contributed by atoms with Crippen LogP contribution in [-0.4, -0.2) is 17.2 Å². The maximum Gasteiger partial charge on any atom is 0.220 e. The van der Waals surface area contributed by atoms with Gasteiger partial charge < -0.3 is 5.32 Å². The number of nitrogens with one attached hydrogen (secondary N) is 1. The number of carbonyl (C=O) groups excluding carboxylic acids is 2. The Labute approximate surface area is 150 Å². The van der Waals surface area contributed by atoms with Crippen LogP contribution in [0.4, 0.5) is 0 Å². The van der Waals surface area contributed by atoms with Crippen molar-refractivity contribution in [2.24, 2.45) is 0 Å². The van der Waals surface area contributed by atoms with E-state index in [1.165, 1.54) is 0 Å². The van der Waals surface area contributed by atoms with Crippen molar-refractivity contribution in [2.45, 2.75) is 51.5 Å². The summed E-state index contributed by atoms with van der Waals surface area (Å²) < 4.78 is 0. The highest BCUT2D eigenvalue weighted by atomic mass is 16.2. The van der Waals surface area contributed by atoms with Gasteiger partial charge in [0.1, 0.15) is 5.78 Å². The van der Waals surface area contributed by atoms with Crippen molar-refractivity contribution < 1.29 is 9.59 Å². The predicted molar refractivity (Wildman–Crippen MR) is 101 cm³/mol. The third-order valence-electron chi connectivity index (χ3n) is 4.35. The Bertz CT molecular complexity index is 675. The van der Waals surface area contributed by atoms with Gasteiger partial charge in [-0.2, -0.15) is 0 Å². The van der Waals surface area contributed by atoms with E-state index < -0.39 is 5.41 Å². The number of Topliss-reactive ketones (excluding diaryl/α,β-unsaturated/α-hetero) is 1. The van der Waals surface area contributed by atoms with Crippen LogP contribution in [-0.2, 0) is 15.0 Å². The van der Waals surface area contributed by atoms with E-state index in [9.17, 15) is 9.59 Å². The van der Waals surface area contributed by atoms with Crippen molar-refractivity contribution in [1.29, 1.82) is 0 Å². The van der Waals surface area contributed by atoms with Crippen LogP contribution in [0.15, 0.2) is 60.7 Å². The first kappa shape index (κ1) is 18.9. The molecule has 0 aliphatic heterocycles. The zero-order valence-corrected chi connectivity index (χ0v) is 15.5. The zero-order chi connectivity index (χ0) is 18.5. The van der Waals surface area contributed by atoms with Crippen LogP contribution in [0.1, 0.15) is 51.7 Å². The van der Waals surface area contributed by atoms with E-state index in [2.05, 4.69) is 5.32 Å². The molecule has 0 spiro atoms. The standard InChI is InChI=1S/C22H27NO2/c1-21(2,3)23-20(25)16-15-19(24)22(4,17-11-7-5-8-12-17)18-13-9-6-10-14-18/h5-14H,15-16H2,1-4H3,(H,23,25). The highest BCUT2D eigenvalue weighted by Crippen LogP contribution is 2.34. The summed E-state index contributed by atoms with van der Waals surface area (Å²) in [6, 6.07) is 19.5. The van der Waals surface area contributed by atoms with Gasteiger partial charge in [0.2, 0.25) is 5.91 Å². The summed E-state index contributed by atoms with van der Waals surface area (Å²) in [4.78, 5) is 25.3.